The molecule has 6 nitrogen and oxygen atoms in total. The van der Waals surface area contributed by atoms with Gasteiger partial charge in [-0.2, -0.15) is 0 Å². The molecule has 1 N–H and O–H groups in total. The molecule has 0 heterocycles. The number of terminal acetylenes is 1. The van der Waals surface area contributed by atoms with Gasteiger partial charge in [0.1, 0.15) is 5.60 Å². The maximum absolute atomic E-state index is 11.7. The lowest BCUT2D eigenvalue weighted by atomic mass is 10.1. The molecule has 0 aromatic heterocycles. The summed E-state index contributed by atoms with van der Waals surface area (Å²) in [6.07, 6.45) is 6.79. The maximum Gasteiger partial charge on any atom is 0.308 e. The van der Waals surface area contributed by atoms with Gasteiger partial charge in [-0.05, 0) is 54.9 Å². The van der Waals surface area contributed by atoms with Crippen LogP contribution >= 0.6 is 0 Å². The topological polar surface area (TPSA) is 73.9 Å². The zero-order valence-corrected chi connectivity index (χ0v) is 18.1. The number of rotatable bonds is 12. The average molecular weight is 384 g/mol. The van der Waals surface area contributed by atoms with Crippen LogP contribution < -0.4 is 5.32 Å². The summed E-state index contributed by atoms with van der Waals surface area (Å²) in [6.45, 7) is 14.5. The number of ether oxygens (including phenoxy) is 3. The summed E-state index contributed by atoms with van der Waals surface area (Å²) in [4.78, 5) is 23.3. The fourth-order valence-corrected chi connectivity index (χ4v) is 2.09. The molecular weight excluding hydrogens is 346 g/mol. The molecule has 0 aromatic carbocycles. The van der Waals surface area contributed by atoms with E-state index in [4.69, 9.17) is 20.6 Å². The molecule has 0 atom stereocenters. The number of hydrogen-bond acceptors (Lipinski definition) is 5. The number of hydrogen-bond donors (Lipinski definition) is 1. The Hall–Kier alpha value is -1.58. The molecular formula is C21H37NO5. The van der Waals surface area contributed by atoms with Gasteiger partial charge in [0.15, 0.2) is 0 Å². The molecule has 1 amide bonds. The monoisotopic (exact) mass is 383 g/mol. The molecule has 0 saturated heterocycles. The Labute approximate surface area is 164 Å². The van der Waals surface area contributed by atoms with Crippen molar-refractivity contribution in [3.8, 4) is 12.3 Å². The average Bonchev–Trinajstić information content (AvgIpc) is 2.48. The predicted octanol–water partition coefficient (Wildman–Crippen LogP) is 3.23. The Morgan fingerprint density at radius 3 is 2.07 bits per heavy atom. The van der Waals surface area contributed by atoms with E-state index >= 15 is 0 Å². The van der Waals surface area contributed by atoms with Crippen LogP contribution in [0.1, 0.15) is 74.1 Å². The summed E-state index contributed by atoms with van der Waals surface area (Å²) >= 11 is 0. The van der Waals surface area contributed by atoms with Gasteiger partial charge in [-0.1, -0.05) is 0 Å². The third-order valence-corrected chi connectivity index (χ3v) is 3.62. The second kappa shape index (κ2) is 11.3. The molecule has 27 heavy (non-hydrogen) atoms. The highest BCUT2D eigenvalue weighted by molar-refractivity contribution is 5.76. The van der Waals surface area contributed by atoms with Crippen LogP contribution in [-0.4, -0.2) is 48.4 Å². The largest absolute Gasteiger partial charge is 0.460 e. The second-order valence-corrected chi connectivity index (χ2v) is 8.78. The van der Waals surface area contributed by atoms with E-state index in [0.29, 0.717) is 39.0 Å². The first-order chi connectivity index (χ1) is 12.3. The molecule has 0 aliphatic rings. The number of esters is 1. The quantitative estimate of drug-likeness (QED) is 0.414. The summed E-state index contributed by atoms with van der Waals surface area (Å²) < 4.78 is 16.9. The normalized spacial score (nSPS) is 12.4. The van der Waals surface area contributed by atoms with Gasteiger partial charge in [-0.15, -0.1) is 12.3 Å². The van der Waals surface area contributed by atoms with Gasteiger partial charge < -0.3 is 19.5 Å². The molecule has 0 spiro atoms. The second-order valence-electron chi connectivity index (χ2n) is 8.78. The molecule has 0 aliphatic heterocycles. The molecule has 0 fully saturated rings. The van der Waals surface area contributed by atoms with Gasteiger partial charge in [0.2, 0.25) is 5.91 Å². The standard InChI is InChI=1S/C21H37NO5/c1-9-10-11-17(23)22-16-21(7,8)26-15-13-20(5,6)25-14-12-18(24)27-19(2,3)4/h1H,10-16H2,2-8H3,(H,22,23). The van der Waals surface area contributed by atoms with E-state index in [2.05, 4.69) is 11.2 Å². The highest BCUT2D eigenvalue weighted by Gasteiger charge is 2.24. The van der Waals surface area contributed by atoms with Gasteiger partial charge in [0.25, 0.3) is 0 Å². The summed E-state index contributed by atoms with van der Waals surface area (Å²) in [5, 5.41) is 2.83. The molecule has 0 radical (unpaired) electrons. The van der Waals surface area contributed by atoms with Crippen molar-refractivity contribution in [2.24, 2.45) is 0 Å². The summed E-state index contributed by atoms with van der Waals surface area (Å²) in [7, 11) is 0. The smallest absolute Gasteiger partial charge is 0.308 e. The maximum atomic E-state index is 11.7. The fraction of sp³-hybridized carbons (Fsp3) is 0.810. The number of carbonyl (C=O) groups is 2. The fourth-order valence-electron chi connectivity index (χ4n) is 2.09. The Morgan fingerprint density at radius 1 is 0.926 bits per heavy atom. The SMILES string of the molecule is C#CCCC(=O)NCC(C)(C)OCCC(C)(C)OCCC(=O)OC(C)(C)C. The van der Waals surface area contributed by atoms with E-state index in [9.17, 15) is 9.59 Å². The lowest BCUT2D eigenvalue weighted by molar-refractivity contribution is -0.157. The first-order valence-electron chi connectivity index (χ1n) is 9.46. The Kier molecular flexibility index (Phi) is 10.6. The molecule has 0 aliphatic carbocycles. The van der Waals surface area contributed by atoms with E-state index < -0.39 is 16.8 Å². The summed E-state index contributed by atoms with van der Waals surface area (Å²) in [5.41, 5.74) is -1.39. The molecule has 0 saturated carbocycles. The molecule has 0 rings (SSSR count). The molecule has 0 unspecified atom stereocenters. The highest BCUT2D eigenvalue weighted by Crippen LogP contribution is 2.18. The molecule has 0 aromatic rings. The van der Waals surface area contributed by atoms with Gasteiger partial charge in [-0.25, -0.2) is 0 Å². The minimum atomic E-state index is -0.488. The van der Waals surface area contributed by atoms with Crippen molar-refractivity contribution in [2.45, 2.75) is 91.0 Å². The summed E-state index contributed by atoms with van der Waals surface area (Å²) in [6, 6.07) is 0. The third kappa shape index (κ3) is 15.2. The number of carbonyl (C=O) groups excluding carboxylic acids is 2. The summed E-state index contributed by atoms with van der Waals surface area (Å²) in [5.74, 6) is 2.11. The zero-order chi connectivity index (χ0) is 21.1. The number of nitrogens with one attached hydrogen (secondary N) is 1. The van der Waals surface area contributed by atoms with Crippen LogP contribution in [-0.2, 0) is 23.8 Å². The van der Waals surface area contributed by atoms with Crippen molar-refractivity contribution in [3.05, 3.63) is 0 Å². The minimum absolute atomic E-state index is 0.0737. The molecule has 156 valence electrons. The Bertz CT molecular complexity index is 512. The Morgan fingerprint density at radius 2 is 1.52 bits per heavy atom. The van der Waals surface area contributed by atoms with Crippen molar-refractivity contribution < 1.29 is 23.8 Å². The van der Waals surface area contributed by atoms with Crippen molar-refractivity contribution in [3.63, 3.8) is 0 Å². The minimum Gasteiger partial charge on any atom is -0.460 e. The first kappa shape index (κ1) is 25.4. The van der Waals surface area contributed by atoms with Gasteiger partial charge in [-0.3, -0.25) is 9.59 Å². The Balaban J connectivity index is 4.09. The first-order valence-corrected chi connectivity index (χ1v) is 9.46. The van der Waals surface area contributed by atoms with Crippen molar-refractivity contribution in [2.75, 3.05) is 19.8 Å². The van der Waals surface area contributed by atoms with E-state index in [1.165, 1.54) is 0 Å². The van der Waals surface area contributed by atoms with Crippen LogP contribution in [0.5, 0.6) is 0 Å². The predicted molar refractivity (Wildman–Crippen MR) is 106 cm³/mol. The van der Waals surface area contributed by atoms with Gasteiger partial charge >= 0.3 is 5.97 Å². The van der Waals surface area contributed by atoms with Crippen LogP contribution in [0.25, 0.3) is 0 Å². The number of amides is 1. The highest BCUT2D eigenvalue weighted by atomic mass is 16.6. The van der Waals surface area contributed by atoms with E-state index in [1.807, 2.05) is 48.5 Å². The van der Waals surface area contributed by atoms with Crippen LogP contribution in [0, 0.1) is 12.3 Å². The molecule has 0 bridgehead atoms. The van der Waals surface area contributed by atoms with Crippen molar-refractivity contribution in [1.29, 1.82) is 0 Å². The van der Waals surface area contributed by atoms with Crippen LogP contribution in [0.4, 0.5) is 0 Å². The zero-order valence-electron chi connectivity index (χ0n) is 18.1. The van der Waals surface area contributed by atoms with E-state index in [1.54, 1.807) is 0 Å². The van der Waals surface area contributed by atoms with Crippen molar-refractivity contribution in [1.82, 2.24) is 5.32 Å². The third-order valence-electron chi connectivity index (χ3n) is 3.62. The van der Waals surface area contributed by atoms with Crippen molar-refractivity contribution >= 4 is 11.9 Å². The van der Waals surface area contributed by atoms with Crippen LogP contribution in [0.3, 0.4) is 0 Å². The van der Waals surface area contributed by atoms with Gasteiger partial charge in [0, 0.05) is 19.4 Å². The molecule has 6 heteroatoms. The van der Waals surface area contributed by atoms with Gasteiger partial charge in [0.05, 0.1) is 30.8 Å². The van der Waals surface area contributed by atoms with E-state index in [0.717, 1.165) is 0 Å². The van der Waals surface area contributed by atoms with E-state index in [-0.39, 0.29) is 18.3 Å². The van der Waals surface area contributed by atoms with Crippen LogP contribution in [0.2, 0.25) is 0 Å². The lowest BCUT2D eigenvalue weighted by Crippen LogP contribution is -2.41. The lowest BCUT2D eigenvalue weighted by Gasteiger charge is -2.30. The van der Waals surface area contributed by atoms with Crippen LogP contribution in [0.15, 0.2) is 0 Å².